The molecule has 1 aromatic rings. The number of nitrogens with zero attached hydrogens (tertiary/aromatic N) is 2. The highest BCUT2D eigenvalue weighted by Crippen LogP contribution is 2.22. The van der Waals surface area contributed by atoms with E-state index in [2.05, 4.69) is 26.9 Å². The Labute approximate surface area is 146 Å². The Hall–Kier alpha value is -1.96. The van der Waals surface area contributed by atoms with Gasteiger partial charge in [-0.05, 0) is 43.0 Å². The number of piperidine rings is 1. The number of likely N-dealkylation sites (tertiary alicyclic amines) is 1. The van der Waals surface area contributed by atoms with E-state index in [9.17, 15) is 13.2 Å². The van der Waals surface area contributed by atoms with Gasteiger partial charge in [0.1, 0.15) is 5.75 Å². The molecule has 1 unspecified atom stereocenters. The molecule has 1 fully saturated rings. The van der Waals surface area contributed by atoms with E-state index in [0.717, 1.165) is 37.7 Å². The first-order valence-corrected chi connectivity index (χ1v) is 8.42. The van der Waals surface area contributed by atoms with E-state index >= 15 is 0 Å². The number of aliphatic imine (C=N–C) groups is 1. The van der Waals surface area contributed by atoms with Gasteiger partial charge in [0.15, 0.2) is 5.96 Å². The molecule has 0 amide bonds. The van der Waals surface area contributed by atoms with Crippen LogP contribution in [0, 0.1) is 5.92 Å². The summed E-state index contributed by atoms with van der Waals surface area (Å²) in [6.07, 6.45) is -2.15. The van der Waals surface area contributed by atoms with Crippen LogP contribution >= 0.6 is 0 Å². The molecular weight excluding hydrogens is 333 g/mol. The van der Waals surface area contributed by atoms with Crippen molar-refractivity contribution in [1.29, 1.82) is 0 Å². The fourth-order valence-corrected chi connectivity index (χ4v) is 2.86. The molecule has 1 heterocycles. The van der Waals surface area contributed by atoms with Gasteiger partial charge in [0.2, 0.25) is 0 Å². The predicted octanol–water partition coefficient (Wildman–Crippen LogP) is 2.72. The topological polar surface area (TPSA) is 62.9 Å². The molecule has 0 spiro atoms. The minimum atomic E-state index is -4.68. The number of halogens is 3. The summed E-state index contributed by atoms with van der Waals surface area (Å²) in [6, 6.07) is 5.60. The summed E-state index contributed by atoms with van der Waals surface area (Å²) in [5, 5.41) is 3.07. The molecule has 5 nitrogen and oxygen atoms in total. The van der Waals surface area contributed by atoms with E-state index in [1.807, 2.05) is 0 Å². The standard InChI is InChI=1S/C17H25F3N4O/c1-13-3-2-9-24(12-13)10-8-22-16(21)23-11-14-4-6-15(7-5-14)25-17(18,19)20/h4-7,13H,2-3,8-12H2,1H3,(H3,21,22,23). The van der Waals surface area contributed by atoms with Crippen molar-refractivity contribution >= 4 is 5.96 Å². The quantitative estimate of drug-likeness (QED) is 0.606. The Morgan fingerprint density at radius 1 is 1.36 bits per heavy atom. The van der Waals surface area contributed by atoms with Crippen molar-refractivity contribution in [2.45, 2.75) is 32.7 Å². The van der Waals surface area contributed by atoms with Crippen molar-refractivity contribution in [3.05, 3.63) is 29.8 Å². The highest BCUT2D eigenvalue weighted by atomic mass is 19.4. The van der Waals surface area contributed by atoms with Crippen LogP contribution in [-0.4, -0.2) is 43.4 Å². The molecule has 140 valence electrons. The van der Waals surface area contributed by atoms with Gasteiger partial charge in [-0.3, -0.25) is 0 Å². The van der Waals surface area contributed by atoms with Crippen LogP contribution in [-0.2, 0) is 6.54 Å². The molecule has 0 radical (unpaired) electrons. The molecule has 2 rings (SSSR count). The first-order valence-electron chi connectivity index (χ1n) is 8.42. The highest BCUT2D eigenvalue weighted by Gasteiger charge is 2.30. The number of nitrogens with two attached hydrogens (primary N) is 1. The summed E-state index contributed by atoms with van der Waals surface area (Å²) < 4.78 is 40.1. The predicted molar refractivity (Wildman–Crippen MR) is 91.3 cm³/mol. The third-order valence-corrected chi connectivity index (χ3v) is 4.06. The molecule has 0 bridgehead atoms. The maximum atomic E-state index is 12.1. The van der Waals surface area contributed by atoms with E-state index in [1.54, 1.807) is 0 Å². The third-order valence-electron chi connectivity index (χ3n) is 4.06. The van der Waals surface area contributed by atoms with Gasteiger partial charge in [0.05, 0.1) is 6.54 Å². The van der Waals surface area contributed by atoms with Crippen molar-refractivity contribution < 1.29 is 17.9 Å². The minimum absolute atomic E-state index is 0.248. The van der Waals surface area contributed by atoms with Crippen LogP contribution in [0.2, 0.25) is 0 Å². The molecule has 3 N–H and O–H groups in total. The molecule has 0 saturated carbocycles. The van der Waals surface area contributed by atoms with Crippen LogP contribution in [0.4, 0.5) is 13.2 Å². The monoisotopic (exact) mass is 358 g/mol. The van der Waals surface area contributed by atoms with E-state index in [-0.39, 0.29) is 5.75 Å². The zero-order valence-electron chi connectivity index (χ0n) is 14.4. The molecule has 1 aliphatic rings. The van der Waals surface area contributed by atoms with Crippen molar-refractivity contribution in [1.82, 2.24) is 10.2 Å². The number of ether oxygens (including phenoxy) is 1. The number of rotatable bonds is 6. The molecule has 0 aliphatic carbocycles. The molecule has 1 aliphatic heterocycles. The first kappa shape index (κ1) is 19.4. The summed E-state index contributed by atoms with van der Waals surface area (Å²) >= 11 is 0. The summed E-state index contributed by atoms with van der Waals surface area (Å²) in [5.41, 5.74) is 6.58. The van der Waals surface area contributed by atoms with Crippen LogP contribution in [0.3, 0.4) is 0 Å². The Morgan fingerprint density at radius 2 is 2.08 bits per heavy atom. The van der Waals surface area contributed by atoms with Gasteiger partial charge in [-0.15, -0.1) is 13.2 Å². The van der Waals surface area contributed by atoms with Gasteiger partial charge in [0, 0.05) is 19.6 Å². The largest absolute Gasteiger partial charge is 0.573 e. The number of benzene rings is 1. The van der Waals surface area contributed by atoms with Gasteiger partial charge in [-0.25, -0.2) is 4.99 Å². The number of nitrogens with one attached hydrogen (secondary N) is 1. The summed E-state index contributed by atoms with van der Waals surface area (Å²) in [4.78, 5) is 6.61. The van der Waals surface area contributed by atoms with Crippen molar-refractivity contribution in [3.63, 3.8) is 0 Å². The SMILES string of the molecule is CC1CCCN(CCNC(N)=NCc2ccc(OC(F)(F)F)cc2)C1. The fraction of sp³-hybridized carbons (Fsp3) is 0.588. The number of hydrogen-bond acceptors (Lipinski definition) is 3. The van der Waals surface area contributed by atoms with Crippen LogP contribution in [0.5, 0.6) is 5.75 Å². The van der Waals surface area contributed by atoms with Gasteiger partial charge >= 0.3 is 6.36 Å². The Balaban J connectivity index is 1.71. The maximum absolute atomic E-state index is 12.1. The lowest BCUT2D eigenvalue weighted by atomic mass is 10.0. The third kappa shape index (κ3) is 7.64. The van der Waals surface area contributed by atoms with Gasteiger partial charge in [0.25, 0.3) is 0 Å². The number of guanidine groups is 1. The molecule has 0 aromatic heterocycles. The van der Waals surface area contributed by atoms with Crippen molar-refractivity contribution in [2.24, 2.45) is 16.6 Å². The smallest absolute Gasteiger partial charge is 0.406 e. The molecule has 1 aromatic carbocycles. The van der Waals surface area contributed by atoms with Gasteiger partial charge < -0.3 is 20.7 Å². The fourth-order valence-electron chi connectivity index (χ4n) is 2.86. The first-order chi connectivity index (χ1) is 11.8. The lowest BCUT2D eigenvalue weighted by Gasteiger charge is -2.30. The zero-order valence-corrected chi connectivity index (χ0v) is 14.4. The van der Waals surface area contributed by atoms with Gasteiger partial charge in [-0.2, -0.15) is 0 Å². The average Bonchev–Trinajstić information content (AvgIpc) is 2.53. The summed E-state index contributed by atoms with van der Waals surface area (Å²) in [6.45, 7) is 6.44. The molecule has 25 heavy (non-hydrogen) atoms. The van der Waals surface area contributed by atoms with Crippen LogP contribution in [0.1, 0.15) is 25.3 Å². The second kappa shape index (κ2) is 8.94. The highest BCUT2D eigenvalue weighted by molar-refractivity contribution is 5.77. The Kier molecular flexibility index (Phi) is 6.92. The maximum Gasteiger partial charge on any atom is 0.573 e. The Bertz CT molecular complexity index is 560. The van der Waals surface area contributed by atoms with E-state index in [0.29, 0.717) is 12.5 Å². The van der Waals surface area contributed by atoms with Crippen LogP contribution < -0.4 is 15.8 Å². The number of alkyl halides is 3. The van der Waals surface area contributed by atoms with Gasteiger partial charge in [-0.1, -0.05) is 19.1 Å². The van der Waals surface area contributed by atoms with E-state index < -0.39 is 6.36 Å². The molecule has 1 saturated heterocycles. The normalized spacial score (nSPS) is 19.7. The molecule has 8 heteroatoms. The average molecular weight is 358 g/mol. The van der Waals surface area contributed by atoms with Crippen molar-refractivity contribution in [2.75, 3.05) is 26.2 Å². The second-order valence-electron chi connectivity index (χ2n) is 6.37. The summed E-state index contributed by atoms with van der Waals surface area (Å²) in [7, 11) is 0. The van der Waals surface area contributed by atoms with Crippen LogP contribution in [0.25, 0.3) is 0 Å². The molecular formula is C17H25F3N4O. The minimum Gasteiger partial charge on any atom is -0.406 e. The second-order valence-corrected chi connectivity index (χ2v) is 6.37. The lowest BCUT2D eigenvalue weighted by molar-refractivity contribution is -0.274. The Morgan fingerprint density at radius 3 is 2.72 bits per heavy atom. The summed E-state index contributed by atoms with van der Waals surface area (Å²) in [5.74, 6) is 0.826. The zero-order chi connectivity index (χ0) is 18.3. The lowest BCUT2D eigenvalue weighted by Crippen LogP contribution is -2.42. The molecule has 1 atom stereocenters. The van der Waals surface area contributed by atoms with Crippen molar-refractivity contribution in [3.8, 4) is 5.75 Å². The van der Waals surface area contributed by atoms with E-state index in [4.69, 9.17) is 5.73 Å². The van der Waals surface area contributed by atoms with E-state index in [1.165, 1.54) is 37.1 Å². The van der Waals surface area contributed by atoms with Crippen LogP contribution in [0.15, 0.2) is 29.3 Å². The number of hydrogen-bond donors (Lipinski definition) is 2.